The zero-order valence-corrected chi connectivity index (χ0v) is 18.3. The minimum atomic E-state index is -1.04. The summed E-state index contributed by atoms with van der Waals surface area (Å²) in [5.74, 6) is -1.53. The first-order chi connectivity index (χ1) is 13.5. The molecule has 0 aliphatic carbocycles. The van der Waals surface area contributed by atoms with Gasteiger partial charge in [0.1, 0.15) is 17.7 Å². The number of carbonyl (C=O) groups is 2. The lowest BCUT2D eigenvalue weighted by atomic mass is 10.00. The van der Waals surface area contributed by atoms with Gasteiger partial charge in [0.15, 0.2) is 0 Å². The Bertz CT molecular complexity index is 875. The predicted octanol–water partition coefficient (Wildman–Crippen LogP) is 4.98. The summed E-state index contributed by atoms with van der Waals surface area (Å²) >= 11 is 12.3. The molecule has 2 N–H and O–H groups in total. The first-order valence-electron chi connectivity index (χ1n) is 9.22. The monoisotopic (exact) mass is 437 g/mol. The molecule has 2 rings (SSSR count). The van der Waals surface area contributed by atoms with Gasteiger partial charge in [0.25, 0.3) is 0 Å². The van der Waals surface area contributed by atoms with Crippen LogP contribution < -0.4 is 5.32 Å². The molecule has 0 fully saturated rings. The lowest BCUT2D eigenvalue weighted by Gasteiger charge is -2.24. The number of nitrogens with one attached hydrogen (secondary N) is 1. The first kappa shape index (κ1) is 23.2. The summed E-state index contributed by atoms with van der Waals surface area (Å²) in [6.07, 6.45) is 0.214. The maximum atomic E-state index is 12.1. The second-order valence-electron chi connectivity index (χ2n) is 7.84. The summed E-state index contributed by atoms with van der Waals surface area (Å²) in [5, 5.41) is 13.6. The number of hydrogen-bond donors (Lipinski definition) is 2. The molecule has 0 spiro atoms. The van der Waals surface area contributed by atoms with Gasteiger partial charge < -0.3 is 9.84 Å². The summed E-state index contributed by atoms with van der Waals surface area (Å²) in [6, 6.07) is 10.9. The molecule has 0 amide bonds. The molecule has 2 aromatic rings. The van der Waals surface area contributed by atoms with Crippen molar-refractivity contribution in [2.24, 2.45) is 0 Å². The summed E-state index contributed by atoms with van der Waals surface area (Å²) < 4.78 is 5.30. The number of carboxylic acids is 1. The number of rotatable bonds is 7. The highest BCUT2D eigenvalue weighted by molar-refractivity contribution is 6.35. The van der Waals surface area contributed by atoms with E-state index in [1.54, 1.807) is 45.9 Å². The van der Waals surface area contributed by atoms with Crippen LogP contribution in [0.15, 0.2) is 42.5 Å². The summed E-state index contributed by atoms with van der Waals surface area (Å²) in [4.78, 5) is 23.8. The molecule has 0 heterocycles. The summed E-state index contributed by atoms with van der Waals surface area (Å²) in [7, 11) is 0. The van der Waals surface area contributed by atoms with E-state index in [0.717, 1.165) is 16.7 Å². The van der Waals surface area contributed by atoms with Crippen LogP contribution in [0, 0.1) is 0 Å². The molecule has 0 aliphatic rings. The lowest BCUT2D eigenvalue weighted by molar-refractivity contribution is -0.157. The molecule has 7 heteroatoms. The number of esters is 1. The maximum Gasteiger partial charge on any atom is 0.323 e. The number of carbonyl (C=O) groups excluding carboxylic acids is 1. The van der Waals surface area contributed by atoms with Crippen molar-refractivity contribution in [1.29, 1.82) is 0 Å². The van der Waals surface area contributed by atoms with Crippen LogP contribution in [0.1, 0.15) is 33.3 Å². The number of carboxylic acid groups (broad SMARTS) is 1. The van der Waals surface area contributed by atoms with Crippen molar-refractivity contribution in [2.45, 2.75) is 51.8 Å². The van der Waals surface area contributed by atoms with Crippen LogP contribution in [0.4, 0.5) is 0 Å². The van der Waals surface area contributed by atoms with Crippen LogP contribution in [0.25, 0.3) is 11.1 Å². The Labute approximate surface area is 181 Å². The van der Waals surface area contributed by atoms with Gasteiger partial charge in [-0.3, -0.25) is 14.9 Å². The topological polar surface area (TPSA) is 75.6 Å². The van der Waals surface area contributed by atoms with Crippen LogP contribution >= 0.6 is 23.2 Å². The van der Waals surface area contributed by atoms with Crippen LogP contribution in [0.2, 0.25) is 10.0 Å². The minimum Gasteiger partial charge on any atom is -0.480 e. The fourth-order valence-electron chi connectivity index (χ4n) is 2.75. The summed E-state index contributed by atoms with van der Waals surface area (Å²) in [6.45, 7) is 6.88. The molecule has 0 bridgehead atoms. The summed E-state index contributed by atoms with van der Waals surface area (Å²) in [5.41, 5.74) is 1.85. The van der Waals surface area contributed by atoms with Crippen LogP contribution in [-0.4, -0.2) is 34.7 Å². The Kier molecular flexibility index (Phi) is 7.69. The van der Waals surface area contributed by atoms with Crippen molar-refractivity contribution in [1.82, 2.24) is 5.32 Å². The van der Waals surface area contributed by atoms with E-state index in [1.807, 2.05) is 24.3 Å². The fourth-order valence-corrected chi connectivity index (χ4v) is 3.15. The Morgan fingerprint density at radius 3 is 2.28 bits per heavy atom. The number of ether oxygens (including phenoxy) is 1. The molecule has 5 nitrogen and oxygen atoms in total. The predicted molar refractivity (Wildman–Crippen MR) is 115 cm³/mol. The highest BCUT2D eigenvalue weighted by atomic mass is 35.5. The van der Waals surface area contributed by atoms with E-state index >= 15 is 0 Å². The van der Waals surface area contributed by atoms with Crippen molar-refractivity contribution in [3.8, 4) is 11.1 Å². The van der Waals surface area contributed by atoms with E-state index in [2.05, 4.69) is 5.32 Å². The molecule has 0 radical (unpaired) electrons. The third-order valence-electron chi connectivity index (χ3n) is 4.14. The van der Waals surface area contributed by atoms with Crippen molar-refractivity contribution in [3.63, 3.8) is 0 Å². The molecule has 0 aliphatic heterocycles. The molecule has 29 heavy (non-hydrogen) atoms. The number of halogens is 2. The highest BCUT2D eigenvalue weighted by Gasteiger charge is 2.27. The molecular formula is C22H25Cl2NO4. The van der Waals surface area contributed by atoms with Crippen molar-refractivity contribution in [2.75, 3.05) is 0 Å². The second-order valence-corrected chi connectivity index (χ2v) is 8.68. The van der Waals surface area contributed by atoms with Crippen LogP contribution in [0.3, 0.4) is 0 Å². The van der Waals surface area contributed by atoms with E-state index in [1.165, 1.54) is 0 Å². The third kappa shape index (κ3) is 7.03. The molecule has 0 saturated carbocycles. The van der Waals surface area contributed by atoms with Gasteiger partial charge >= 0.3 is 11.9 Å². The van der Waals surface area contributed by atoms with Gasteiger partial charge in [0.05, 0.1) is 0 Å². The Morgan fingerprint density at radius 2 is 1.72 bits per heavy atom. The lowest BCUT2D eigenvalue weighted by Crippen LogP contribution is -2.48. The van der Waals surface area contributed by atoms with Gasteiger partial charge in [-0.15, -0.1) is 0 Å². The Morgan fingerprint density at radius 1 is 1.10 bits per heavy atom. The third-order valence-corrected chi connectivity index (χ3v) is 4.71. The molecule has 156 valence electrons. The van der Waals surface area contributed by atoms with Gasteiger partial charge in [-0.25, -0.2) is 0 Å². The van der Waals surface area contributed by atoms with Gasteiger partial charge in [0, 0.05) is 15.6 Å². The SMILES string of the molecule is C[C@H](NC(Cc1ccc(-c2cc(Cl)ccc2Cl)cc1)C(=O)O)C(=O)OC(C)(C)C. The Balaban J connectivity index is 2.10. The molecule has 0 aromatic heterocycles. The van der Waals surface area contributed by atoms with E-state index < -0.39 is 29.6 Å². The van der Waals surface area contributed by atoms with E-state index in [9.17, 15) is 14.7 Å². The van der Waals surface area contributed by atoms with Gasteiger partial charge in [-0.05, 0) is 63.4 Å². The van der Waals surface area contributed by atoms with E-state index in [4.69, 9.17) is 27.9 Å². The van der Waals surface area contributed by atoms with E-state index in [0.29, 0.717) is 10.0 Å². The van der Waals surface area contributed by atoms with Crippen LogP contribution in [0.5, 0.6) is 0 Å². The minimum absolute atomic E-state index is 0.214. The van der Waals surface area contributed by atoms with Gasteiger partial charge in [0.2, 0.25) is 0 Å². The zero-order chi connectivity index (χ0) is 21.8. The largest absolute Gasteiger partial charge is 0.480 e. The van der Waals surface area contributed by atoms with Gasteiger partial charge in [-0.1, -0.05) is 47.5 Å². The highest BCUT2D eigenvalue weighted by Crippen LogP contribution is 2.30. The molecule has 2 aromatic carbocycles. The zero-order valence-electron chi connectivity index (χ0n) is 16.8. The fraction of sp³-hybridized carbons (Fsp3) is 0.364. The molecular weight excluding hydrogens is 413 g/mol. The average molecular weight is 438 g/mol. The second kappa shape index (κ2) is 9.61. The standard InChI is InChI=1S/C22H25Cl2NO4/c1-13(21(28)29-22(2,3)4)25-19(20(26)27)11-14-5-7-15(8-6-14)17-12-16(23)9-10-18(17)24/h5-10,12-13,19,25H,11H2,1-4H3,(H,26,27)/t13-,19?/m0/s1. The van der Waals surface area contributed by atoms with E-state index in [-0.39, 0.29) is 6.42 Å². The number of benzene rings is 2. The average Bonchev–Trinajstić information content (AvgIpc) is 2.62. The van der Waals surface area contributed by atoms with Crippen molar-refractivity contribution < 1.29 is 19.4 Å². The van der Waals surface area contributed by atoms with Crippen LogP contribution in [-0.2, 0) is 20.7 Å². The number of aliphatic carboxylic acids is 1. The molecule has 2 atom stereocenters. The smallest absolute Gasteiger partial charge is 0.323 e. The van der Waals surface area contributed by atoms with Gasteiger partial charge in [-0.2, -0.15) is 0 Å². The Hall–Kier alpha value is -2.08. The molecule has 1 unspecified atom stereocenters. The quantitative estimate of drug-likeness (QED) is 0.597. The molecule has 0 saturated heterocycles. The number of hydrogen-bond acceptors (Lipinski definition) is 4. The van der Waals surface area contributed by atoms with Crippen molar-refractivity contribution >= 4 is 35.1 Å². The van der Waals surface area contributed by atoms with Crippen molar-refractivity contribution in [3.05, 3.63) is 58.1 Å². The normalized spacial score (nSPS) is 13.6. The maximum absolute atomic E-state index is 12.1. The first-order valence-corrected chi connectivity index (χ1v) is 9.98.